The van der Waals surface area contributed by atoms with Gasteiger partial charge in [0.2, 0.25) is 0 Å². The molecular weight excluding hydrogens is 362 g/mol. The lowest BCUT2D eigenvalue weighted by molar-refractivity contribution is 0.415. The molecule has 0 aliphatic rings. The van der Waals surface area contributed by atoms with E-state index in [1.54, 1.807) is 31.4 Å². The van der Waals surface area contributed by atoms with Crippen LogP contribution in [0.2, 0.25) is 5.02 Å². The maximum atomic E-state index is 9.49. The molecule has 0 unspecified atom stereocenters. The molecule has 0 fully saturated rings. The maximum absolute atomic E-state index is 9.49. The first-order chi connectivity index (χ1) is 13.1. The van der Waals surface area contributed by atoms with Gasteiger partial charge in [0, 0.05) is 22.0 Å². The molecule has 1 N–H and O–H groups in total. The van der Waals surface area contributed by atoms with E-state index in [0.717, 1.165) is 27.7 Å². The van der Waals surface area contributed by atoms with Gasteiger partial charge in [0.15, 0.2) is 0 Å². The topological polar surface area (TPSA) is 55.0 Å². The van der Waals surface area contributed by atoms with Gasteiger partial charge >= 0.3 is 0 Å². The lowest BCUT2D eigenvalue weighted by Gasteiger charge is -2.07. The molecule has 0 spiro atoms. The minimum absolute atomic E-state index is 0.199. The van der Waals surface area contributed by atoms with E-state index in [2.05, 4.69) is 0 Å². The summed E-state index contributed by atoms with van der Waals surface area (Å²) in [4.78, 5) is 4.74. The Morgan fingerprint density at radius 3 is 2.37 bits per heavy atom. The second-order valence-electron chi connectivity index (χ2n) is 5.99. The monoisotopic (exact) mass is 377 g/mol. The van der Waals surface area contributed by atoms with Crippen LogP contribution in [0, 0.1) is 0 Å². The van der Waals surface area contributed by atoms with Gasteiger partial charge in [-0.15, -0.1) is 0 Å². The highest BCUT2D eigenvalue weighted by Crippen LogP contribution is 2.26. The average Bonchev–Trinajstić information content (AvgIpc) is 2.70. The van der Waals surface area contributed by atoms with Gasteiger partial charge in [-0.05, 0) is 66.7 Å². The zero-order valence-corrected chi connectivity index (χ0v) is 15.3. The number of hydrogen-bond acceptors (Lipinski definition) is 4. The summed E-state index contributed by atoms with van der Waals surface area (Å²) >= 11 is 6.00. The summed E-state index contributed by atoms with van der Waals surface area (Å²) in [6, 6.07) is 21.7. The number of fused-ring (bicyclic) bond motifs is 1. The van der Waals surface area contributed by atoms with Crippen molar-refractivity contribution in [2.75, 3.05) is 7.11 Å². The van der Waals surface area contributed by atoms with Crippen molar-refractivity contribution >= 4 is 28.3 Å². The third-order valence-corrected chi connectivity index (χ3v) is 4.43. The van der Waals surface area contributed by atoms with E-state index in [0.29, 0.717) is 16.4 Å². The van der Waals surface area contributed by atoms with Crippen LogP contribution < -0.4 is 10.1 Å². The molecule has 0 saturated heterocycles. The predicted molar refractivity (Wildman–Crippen MR) is 107 cm³/mol. The van der Waals surface area contributed by atoms with Crippen molar-refractivity contribution in [2.24, 2.45) is 4.99 Å². The number of rotatable bonds is 3. The summed E-state index contributed by atoms with van der Waals surface area (Å²) < 4.78 is 11.4. The van der Waals surface area contributed by atoms with E-state index >= 15 is 0 Å². The highest BCUT2D eigenvalue weighted by molar-refractivity contribution is 6.30. The lowest BCUT2D eigenvalue weighted by atomic mass is 10.1. The number of halogens is 1. The Morgan fingerprint density at radius 2 is 1.67 bits per heavy atom. The zero-order chi connectivity index (χ0) is 18.8. The van der Waals surface area contributed by atoms with Gasteiger partial charge in [-0.25, -0.2) is 4.99 Å². The molecule has 0 aliphatic heterocycles. The lowest BCUT2D eigenvalue weighted by Crippen LogP contribution is -2.03. The maximum Gasteiger partial charge on any atom is 0.137 e. The SMILES string of the molecule is COc1ccc2oc(-c3ccc(Cl)cc3)cc(=Nc3ccc(O)cc3)c2c1. The van der Waals surface area contributed by atoms with Gasteiger partial charge in [0.05, 0.1) is 18.2 Å². The Kier molecular flexibility index (Phi) is 4.57. The highest BCUT2D eigenvalue weighted by atomic mass is 35.5. The van der Waals surface area contributed by atoms with Crippen molar-refractivity contribution in [1.82, 2.24) is 0 Å². The first kappa shape index (κ1) is 17.2. The quantitative estimate of drug-likeness (QED) is 0.498. The molecule has 5 heteroatoms. The molecule has 0 saturated carbocycles. The Hall–Kier alpha value is -3.24. The number of ether oxygens (including phenoxy) is 1. The summed E-state index contributed by atoms with van der Waals surface area (Å²) in [7, 11) is 1.62. The second-order valence-corrected chi connectivity index (χ2v) is 6.43. The van der Waals surface area contributed by atoms with E-state index in [-0.39, 0.29) is 5.75 Å². The van der Waals surface area contributed by atoms with Gasteiger partial charge in [-0.3, -0.25) is 0 Å². The molecule has 27 heavy (non-hydrogen) atoms. The largest absolute Gasteiger partial charge is 0.508 e. The number of benzene rings is 3. The second kappa shape index (κ2) is 7.17. The van der Waals surface area contributed by atoms with Crippen LogP contribution in [0.25, 0.3) is 22.3 Å². The van der Waals surface area contributed by atoms with Crippen LogP contribution in [-0.2, 0) is 0 Å². The Balaban J connectivity index is 1.97. The van der Waals surface area contributed by atoms with Gasteiger partial charge in [0.25, 0.3) is 0 Å². The molecule has 0 radical (unpaired) electrons. The van der Waals surface area contributed by atoms with Gasteiger partial charge in [-0.1, -0.05) is 11.6 Å². The van der Waals surface area contributed by atoms with Crippen molar-refractivity contribution in [3.63, 3.8) is 0 Å². The number of phenolic OH excluding ortho intramolecular Hbond substituents is 1. The minimum atomic E-state index is 0.199. The fourth-order valence-corrected chi connectivity index (χ4v) is 2.92. The molecule has 1 heterocycles. The third-order valence-electron chi connectivity index (χ3n) is 4.18. The molecule has 3 aromatic carbocycles. The first-order valence-electron chi connectivity index (χ1n) is 8.34. The standard InChI is InChI=1S/C22H16ClNO3/c1-26-18-10-11-21-19(12-18)20(24-16-6-8-17(25)9-7-16)13-22(27-21)14-2-4-15(23)5-3-14/h2-13,25H,1H3. The van der Waals surface area contributed by atoms with Crippen molar-refractivity contribution in [3.05, 3.63) is 83.2 Å². The Bertz CT molecular complexity index is 1160. The molecule has 0 atom stereocenters. The average molecular weight is 378 g/mol. The molecular formula is C22H16ClNO3. The Morgan fingerprint density at radius 1 is 0.926 bits per heavy atom. The smallest absolute Gasteiger partial charge is 0.137 e. The van der Waals surface area contributed by atoms with Crippen molar-refractivity contribution in [3.8, 4) is 22.8 Å². The minimum Gasteiger partial charge on any atom is -0.508 e. The predicted octanol–water partition coefficient (Wildman–Crippen LogP) is 5.70. The number of aromatic hydroxyl groups is 1. The fourth-order valence-electron chi connectivity index (χ4n) is 2.79. The number of hydrogen-bond donors (Lipinski definition) is 1. The van der Waals surface area contributed by atoms with Gasteiger partial charge < -0.3 is 14.3 Å². The van der Waals surface area contributed by atoms with E-state index < -0.39 is 0 Å². The highest BCUT2D eigenvalue weighted by Gasteiger charge is 2.08. The summed E-state index contributed by atoms with van der Waals surface area (Å²) in [6.07, 6.45) is 0. The zero-order valence-electron chi connectivity index (χ0n) is 14.5. The summed E-state index contributed by atoms with van der Waals surface area (Å²) in [5, 5.41) is 11.7. The van der Waals surface area contributed by atoms with Crippen LogP contribution >= 0.6 is 11.6 Å². The van der Waals surface area contributed by atoms with Crippen LogP contribution in [0.3, 0.4) is 0 Å². The molecule has 4 nitrogen and oxygen atoms in total. The summed E-state index contributed by atoms with van der Waals surface area (Å²) in [5.74, 6) is 1.60. The van der Waals surface area contributed by atoms with Crippen LogP contribution in [0.15, 0.2) is 82.2 Å². The number of nitrogens with zero attached hydrogens (tertiary/aromatic N) is 1. The van der Waals surface area contributed by atoms with E-state index in [1.165, 1.54) is 0 Å². The first-order valence-corrected chi connectivity index (χ1v) is 8.72. The van der Waals surface area contributed by atoms with Crippen molar-refractivity contribution in [1.29, 1.82) is 0 Å². The van der Waals surface area contributed by atoms with Crippen LogP contribution in [0.4, 0.5) is 5.69 Å². The van der Waals surface area contributed by atoms with E-state index in [4.69, 9.17) is 25.7 Å². The fraction of sp³-hybridized carbons (Fsp3) is 0.0455. The van der Waals surface area contributed by atoms with Crippen molar-refractivity contribution < 1.29 is 14.3 Å². The molecule has 0 bridgehead atoms. The van der Waals surface area contributed by atoms with Crippen LogP contribution in [-0.4, -0.2) is 12.2 Å². The molecule has 0 amide bonds. The number of phenols is 1. The molecule has 0 aliphatic carbocycles. The molecule has 4 rings (SSSR count). The van der Waals surface area contributed by atoms with E-state index in [9.17, 15) is 5.11 Å². The normalized spacial score (nSPS) is 11.7. The molecule has 1 aromatic heterocycles. The molecule has 4 aromatic rings. The van der Waals surface area contributed by atoms with Crippen molar-refractivity contribution in [2.45, 2.75) is 0 Å². The Labute approximate surface area is 161 Å². The van der Waals surface area contributed by atoms with E-state index in [1.807, 2.05) is 48.5 Å². The number of methoxy groups -OCH3 is 1. The van der Waals surface area contributed by atoms with Crippen LogP contribution in [0.5, 0.6) is 11.5 Å². The summed E-state index contributed by atoms with van der Waals surface area (Å²) in [5.41, 5.74) is 2.32. The van der Waals surface area contributed by atoms with Gasteiger partial charge in [0.1, 0.15) is 22.8 Å². The summed E-state index contributed by atoms with van der Waals surface area (Å²) in [6.45, 7) is 0. The molecule has 134 valence electrons. The third kappa shape index (κ3) is 3.66. The van der Waals surface area contributed by atoms with Crippen LogP contribution in [0.1, 0.15) is 0 Å². The van der Waals surface area contributed by atoms with Gasteiger partial charge in [-0.2, -0.15) is 0 Å².